The van der Waals surface area contributed by atoms with Gasteiger partial charge in [-0.1, -0.05) is 22.7 Å². The van der Waals surface area contributed by atoms with Crippen molar-refractivity contribution in [2.75, 3.05) is 13.6 Å². The minimum absolute atomic E-state index is 0.0644. The SMILES string of the molecule is CCC(=O)C(CCCCNP)NC. The Bertz CT molecular complexity index is 142. The van der Waals surface area contributed by atoms with Crippen LogP contribution in [0.1, 0.15) is 32.6 Å². The summed E-state index contributed by atoms with van der Waals surface area (Å²) in [6, 6.07) is 0.0644. The highest BCUT2D eigenvalue weighted by molar-refractivity contribution is 7.13. The molecule has 0 rings (SSSR count). The maximum atomic E-state index is 11.3. The van der Waals surface area contributed by atoms with Crippen molar-refractivity contribution in [2.24, 2.45) is 0 Å². The third-order valence-corrected chi connectivity index (χ3v) is 2.44. The second-order valence-electron chi connectivity index (χ2n) is 3.11. The summed E-state index contributed by atoms with van der Waals surface area (Å²) in [6.45, 7) is 2.92. The molecule has 0 bridgehead atoms. The fraction of sp³-hybridized carbons (Fsp3) is 0.889. The Kier molecular flexibility index (Phi) is 8.62. The molecule has 0 spiro atoms. The summed E-state index contributed by atoms with van der Waals surface area (Å²) in [5.74, 6) is 0.321. The Labute approximate surface area is 83.3 Å². The summed E-state index contributed by atoms with van der Waals surface area (Å²) in [5.41, 5.74) is 0. The van der Waals surface area contributed by atoms with Crippen LogP contribution >= 0.6 is 9.39 Å². The van der Waals surface area contributed by atoms with Crippen molar-refractivity contribution < 1.29 is 4.79 Å². The quantitative estimate of drug-likeness (QED) is 0.459. The molecular formula is C9H21N2OP. The zero-order chi connectivity index (χ0) is 10.1. The molecule has 13 heavy (non-hydrogen) atoms. The molecule has 0 aliphatic heterocycles. The molecule has 0 aromatic carbocycles. The second-order valence-corrected chi connectivity index (χ2v) is 3.52. The van der Waals surface area contributed by atoms with Gasteiger partial charge in [-0.15, -0.1) is 0 Å². The fourth-order valence-electron chi connectivity index (χ4n) is 1.29. The molecule has 78 valence electrons. The highest BCUT2D eigenvalue weighted by Gasteiger charge is 2.12. The number of unbranched alkanes of at least 4 members (excludes halogenated alkanes) is 1. The molecule has 0 aromatic rings. The van der Waals surface area contributed by atoms with Gasteiger partial charge in [-0.25, -0.2) is 0 Å². The predicted octanol–water partition coefficient (Wildman–Crippen LogP) is 1.10. The summed E-state index contributed by atoms with van der Waals surface area (Å²) in [4.78, 5) is 11.3. The largest absolute Gasteiger partial charge is 0.311 e. The van der Waals surface area contributed by atoms with E-state index in [9.17, 15) is 4.79 Å². The van der Waals surface area contributed by atoms with E-state index in [-0.39, 0.29) is 6.04 Å². The van der Waals surface area contributed by atoms with Gasteiger partial charge >= 0.3 is 0 Å². The van der Waals surface area contributed by atoms with E-state index in [4.69, 9.17) is 0 Å². The number of ketones is 1. The van der Waals surface area contributed by atoms with Gasteiger partial charge in [0, 0.05) is 6.42 Å². The van der Waals surface area contributed by atoms with E-state index in [1.807, 2.05) is 14.0 Å². The first-order chi connectivity index (χ1) is 6.26. The van der Waals surface area contributed by atoms with Crippen LogP contribution in [0.2, 0.25) is 0 Å². The summed E-state index contributed by atoms with van der Waals surface area (Å²) < 4.78 is 0. The Morgan fingerprint density at radius 2 is 2.15 bits per heavy atom. The zero-order valence-electron chi connectivity index (χ0n) is 8.60. The third-order valence-electron chi connectivity index (χ3n) is 2.15. The Morgan fingerprint density at radius 1 is 1.46 bits per heavy atom. The number of likely N-dealkylation sites (N-methyl/N-ethyl adjacent to an activating group) is 1. The van der Waals surface area contributed by atoms with Gasteiger partial charge in [-0.2, -0.15) is 0 Å². The van der Waals surface area contributed by atoms with Crippen LogP contribution in [0.5, 0.6) is 0 Å². The predicted molar refractivity (Wildman–Crippen MR) is 59.7 cm³/mol. The maximum absolute atomic E-state index is 11.3. The van der Waals surface area contributed by atoms with E-state index >= 15 is 0 Å². The minimum Gasteiger partial charge on any atom is -0.311 e. The van der Waals surface area contributed by atoms with Crippen molar-refractivity contribution in [2.45, 2.75) is 38.6 Å². The maximum Gasteiger partial charge on any atom is 0.149 e. The molecule has 4 heteroatoms. The molecule has 0 aliphatic rings. The monoisotopic (exact) mass is 204 g/mol. The standard InChI is InChI=1S/C9H21N2OP/c1-3-9(12)8(10-2)6-4-5-7-11-13/h8,10-11H,3-7,13H2,1-2H3. The molecule has 0 saturated carbocycles. The van der Waals surface area contributed by atoms with Crippen LogP contribution in [0.4, 0.5) is 0 Å². The molecule has 0 heterocycles. The molecule has 2 atom stereocenters. The summed E-state index contributed by atoms with van der Waals surface area (Å²) in [7, 11) is 4.33. The summed E-state index contributed by atoms with van der Waals surface area (Å²) in [5, 5.41) is 6.07. The highest BCUT2D eigenvalue weighted by atomic mass is 31.0. The minimum atomic E-state index is 0.0644. The van der Waals surface area contributed by atoms with Gasteiger partial charge in [-0.05, 0) is 26.4 Å². The van der Waals surface area contributed by atoms with Gasteiger partial charge in [0.15, 0.2) is 0 Å². The van der Waals surface area contributed by atoms with Crippen molar-refractivity contribution in [1.82, 2.24) is 10.4 Å². The normalized spacial score (nSPS) is 12.8. The summed E-state index contributed by atoms with van der Waals surface area (Å²) in [6.07, 6.45) is 3.81. The smallest absolute Gasteiger partial charge is 0.149 e. The molecule has 0 radical (unpaired) electrons. The average Bonchev–Trinajstić information content (AvgIpc) is 2.17. The van der Waals surface area contributed by atoms with Crippen molar-refractivity contribution >= 4 is 15.2 Å². The molecule has 0 aromatic heterocycles. The third kappa shape index (κ3) is 6.14. The van der Waals surface area contributed by atoms with Gasteiger partial charge in [0.25, 0.3) is 0 Å². The number of carbonyl (C=O) groups excluding carboxylic acids is 1. The number of rotatable bonds is 8. The Morgan fingerprint density at radius 3 is 2.62 bits per heavy atom. The number of carbonyl (C=O) groups is 1. The van der Waals surface area contributed by atoms with E-state index in [0.717, 1.165) is 25.8 Å². The Balaban J connectivity index is 3.53. The van der Waals surface area contributed by atoms with E-state index < -0.39 is 0 Å². The lowest BCUT2D eigenvalue weighted by Gasteiger charge is -2.13. The van der Waals surface area contributed by atoms with Gasteiger partial charge in [0.1, 0.15) is 5.78 Å². The first-order valence-corrected chi connectivity index (χ1v) is 5.47. The van der Waals surface area contributed by atoms with E-state index in [2.05, 4.69) is 19.8 Å². The first kappa shape index (κ1) is 13.0. The molecule has 0 saturated heterocycles. The lowest BCUT2D eigenvalue weighted by Crippen LogP contribution is -2.33. The van der Waals surface area contributed by atoms with Crippen LogP contribution in [0, 0.1) is 0 Å². The molecule has 2 N–H and O–H groups in total. The number of Topliss-reactive ketones (excluding diaryl/α,β-unsaturated/α-hetero) is 1. The number of nitrogens with one attached hydrogen (secondary N) is 2. The van der Waals surface area contributed by atoms with Gasteiger partial charge in [0.2, 0.25) is 0 Å². The fourth-order valence-corrected chi connectivity index (χ4v) is 1.49. The van der Waals surface area contributed by atoms with Crippen molar-refractivity contribution in [3.63, 3.8) is 0 Å². The van der Waals surface area contributed by atoms with Crippen LogP contribution in [0.25, 0.3) is 0 Å². The topological polar surface area (TPSA) is 41.1 Å². The van der Waals surface area contributed by atoms with Crippen LogP contribution in [-0.2, 0) is 4.79 Å². The number of hydrogen-bond acceptors (Lipinski definition) is 3. The van der Waals surface area contributed by atoms with Gasteiger partial charge in [-0.3, -0.25) is 4.79 Å². The van der Waals surface area contributed by atoms with Crippen LogP contribution < -0.4 is 10.4 Å². The molecule has 0 amide bonds. The van der Waals surface area contributed by atoms with Crippen molar-refractivity contribution in [3.8, 4) is 0 Å². The average molecular weight is 204 g/mol. The Hall–Kier alpha value is 0.0200. The molecule has 0 aliphatic carbocycles. The molecule has 3 nitrogen and oxygen atoms in total. The zero-order valence-corrected chi connectivity index (χ0v) is 9.75. The van der Waals surface area contributed by atoms with Crippen LogP contribution in [0.15, 0.2) is 0 Å². The lowest BCUT2D eigenvalue weighted by molar-refractivity contribution is -0.120. The van der Waals surface area contributed by atoms with E-state index in [0.29, 0.717) is 12.2 Å². The first-order valence-electron chi connectivity index (χ1n) is 4.89. The highest BCUT2D eigenvalue weighted by Crippen LogP contribution is 2.03. The van der Waals surface area contributed by atoms with Crippen molar-refractivity contribution in [1.29, 1.82) is 0 Å². The van der Waals surface area contributed by atoms with Crippen LogP contribution in [0.3, 0.4) is 0 Å². The van der Waals surface area contributed by atoms with E-state index in [1.165, 1.54) is 0 Å². The van der Waals surface area contributed by atoms with Gasteiger partial charge < -0.3 is 10.4 Å². The number of hydrogen-bond donors (Lipinski definition) is 2. The van der Waals surface area contributed by atoms with E-state index in [1.54, 1.807) is 0 Å². The molecule has 2 unspecified atom stereocenters. The van der Waals surface area contributed by atoms with Gasteiger partial charge in [0.05, 0.1) is 6.04 Å². The van der Waals surface area contributed by atoms with Crippen LogP contribution in [-0.4, -0.2) is 25.4 Å². The molecule has 0 fully saturated rings. The van der Waals surface area contributed by atoms with Crippen molar-refractivity contribution in [3.05, 3.63) is 0 Å². The summed E-state index contributed by atoms with van der Waals surface area (Å²) >= 11 is 0. The lowest BCUT2D eigenvalue weighted by atomic mass is 10.0. The molecular weight excluding hydrogens is 183 g/mol. The second kappa shape index (κ2) is 8.61.